The quantitative estimate of drug-likeness (QED) is 0.919. The number of benzene rings is 1. The lowest BCUT2D eigenvalue weighted by molar-refractivity contribution is -0.116. The summed E-state index contributed by atoms with van der Waals surface area (Å²) in [5, 5.41) is 6.67. The highest BCUT2D eigenvalue weighted by atomic mass is 19.1. The molecule has 1 heterocycles. The Morgan fingerprint density at radius 3 is 2.84 bits per heavy atom. The molecule has 0 aliphatic rings. The fourth-order valence-electron chi connectivity index (χ4n) is 1.79. The summed E-state index contributed by atoms with van der Waals surface area (Å²) >= 11 is 0. The van der Waals surface area contributed by atoms with Crippen LogP contribution < -0.4 is 5.32 Å². The predicted molar refractivity (Wildman–Crippen MR) is 71.3 cm³/mol. The van der Waals surface area contributed by atoms with Crippen molar-refractivity contribution in [2.24, 2.45) is 0 Å². The maximum atomic E-state index is 13.5. The van der Waals surface area contributed by atoms with E-state index in [1.807, 2.05) is 19.9 Å². The van der Waals surface area contributed by atoms with Crippen molar-refractivity contribution in [1.82, 2.24) is 9.78 Å². The molecule has 5 heteroatoms. The van der Waals surface area contributed by atoms with Crippen molar-refractivity contribution in [3.8, 4) is 0 Å². The van der Waals surface area contributed by atoms with Gasteiger partial charge in [-0.2, -0.15) is 5.10 Å². The van der Waals surface area contributed by atoms with Crippen LogP contribution in [0.1, 0.15) is 17.7 Å². The second-order valence-electron chi connectivity index (χ2n) is 4.48. The fourth-order valence-corrected chi connectivity index (χ4v) is 1.79. The molecule has 0 unspecified atom stereocenters. The topological polar surface area (TPSA) is 46.9 Å². The van der Waals surface area contributed by atoms with E-state index in [9.17, 15) is 9.18 Å². The number of aromatic nitrogens is 2. The largest absolute Gasteiger partial charge is 0.324 e. The first-order valence-corrected chi connectivity index (χ1v) is 6.10. The average Bonchev–Trinajstić information content (AvgIpc) is 2.77. The number of anilines is 1. The van der Waals surface area contributed by atoms with Crippen molar-refractivity contribution in [3.63, 3.8) is 0 Å². The van der Waals surface area contributed by atoms with Crippen LogP contribution in [0.4, 0.5) is 10.1 Å². The second kappa shape index (κ2) is 5.65. The summed E-state index contributed by atoms with van der Waals surface area (Å²) in [5.41, 5.74) is 2.12. The predicted octanol–water partition coefficient (Wildman–Crippen LogP) is 2.67. The van der Waals surface area contributed by atoms with E-state index < -0.39 is 5.82 Å². The van der Waals surface area contributed by atoms with Gasteiger partial charge in [0.2, 0.25) is 5.91 Å². The number of halogens is 1. The van der Waals surface area contributed by atoms with Gasteiger partial charge in [-0.1, -0.05) is 6.07 Å². The summed E-state index contributed by atoms with van der Waals surface area (Å²) < 4.78 is 15.2. The van der Waals surface area contributed by atoms with Gasteiger partial charge in [-0.25, -0.2) is 4.39 Å². The Morgan fingerprint density at radius 1 is 1.37 bits per heavy atom. The summed E-state index contributed by atoms with van der Waals surface area (Å²) in [6.45, 7) is 4.26. The Hall–Kier alpha value is -2.17. The maximum absolute atomic E-state index is 13.5. The molecule has 2 aromatic rings. The molecule has 2 rings (SSSR count). The van der Waals surface area contributed by atoms with Crippen LogP contribution in [0.3, 0.4) is 0 Å². The first-order chi connectivity index (χ1) is 9.06. The highest BCUT2D eigenvalue weighted by Gasteiger charge is 2.08. The number of nitrogens with one attached hydrogen (secondary N) is 1. The van der Waals surface area contributed by atoms with Crippen molar-refractivity contribution in [2.75, 3.05) is 5.32 Å². The molecule has 0 radical (unpaired) electrons. The highest BCUT2D eigenvalue weighted by molar-refractivity contribution is 5.90. The summed E-state index contributed by atoms with van der Waals surface area (Å²) in [4.78, 5) is 11.8. The Labute approximate surface area is 111 Å². The van der Waals surface area contributed by atoms with Crippen molar-refractivity contribution < 1.29 is 9.18 Å². The zero-order chi connectivity index (χ0) is 13.8. The molecule has 0 spiro atoms. The Bertz CT molecular complexity index is 592. The molecule has 0 aliphatic heterocycles. The standard InChI is InChI=1S/C14H16FN3O/c1-10-3-4-12(15)13(9-10)17-14(19)6-8-18-11(2)5-7-16-18/h3-5,7,9H,6,8H2,1-2H3,(H,17,19). The van der Waals surface area contributed by atoms with Gasteiger partial charge in [0.25, 0.3) is 0 Å². The molecule has 100 valence electrons. The van der Waals surface area contributed by atoms with E-state index in [0.717, 1.165) is 11.3 Å². The maximum Gasteiger partial charge on any atom is 0.226 e. The second-order valence-corrected chi connectivity index (χ2v) is 4.48. The molecule has 1 aromatic heterocycles. The van der Waals surface area contributed by atoms with Gasteiger partial charge < -0.3 is 5.32 Å². The number of nitrogens with zero attached hydrogens (tertiary/aromatic N) is 2. The molecule has 19 heavy (non-hydrogen) atoms. The van der Waals surface area contributed by atoms with Crippen LogP contribution in [-0.4, -0.2) is 15.7 Å². The molecule has 0 fully saturated rings. The third-order valence-electron chi connectivity index (χ3n) is 2.88. The molecule has 0 atom stereocenters. The highest BCUT2D eigenvalue weighted by Crippen LogP contribution is 2.15. The van der Waals surface area contributed by atoms with Crippen LogP contribution in [0.2, 0.25) is 0 Å². The molecule has 0 aliphatic carbocycles. The van der Waals surface area contributed by atoms with Gasteiger partial charge in [0.05, 0.1) is 5.69 Å². The lowest BCUT2D eigenvalue weighted by Crippen LogP contribution is -2.16. The Morgan fingerprint density at radius 2 is 2.16 bits per heavy atom. The van der Waals surface area contributed by atoms with Crippen LogP contribution in [0.25, 0.3) is 0 Å². The lowest BCUT2D eigenvalue weighted by atomic mass is 10.2. The van der Waals surface area contributed by atoms with Gasteiger partial charge in [0.15, 0.2) is 0 Å². The van der Waals surface area contributed by atoms with Crippen molar-refractivity contribution in [3.05, 3.63) is 47.5 Å². The molecule has 1 aromatic carbocycles. The number of hydrogen-bond donors (Lipinski definition) is 1. The van der Waals surface area contributed by atoms with Gasteiger partial charge in [0.1, 0.15) is 5.82 Å². The monoisotopic (exact) mass is 261 g/mol. The SMILES string of the molecule is Cc1ccc(F)c(NC(=O)CCn2nccc2C)c1. The van der Waals surface area contributed by atoms with Crippen LogP contribution in [0, 0.1) is 19.7 Å². The smallest absolute Gasteiger partial charge is 0.226 e. The zero-order valence-electron chi connectivity index (χ0n) is 11.0. The van der Waals surface area contributed by atoms with E-state index in [2.05, 4.69) is 10.4 Å². The number of carbonyl (C=O) groups excluding carboxylic acids is 1. The van der Waals surface area contributed by atoms with Crippen LogP contribution >= 0.6 is 0 Å². The van der Waals surface area contributed by atoms with Crippen molar-refractivity contribution in [1.29, 1.82) is 0 Å². The zero-order valence-corrected chi connectivity index (χ0v) is 11.0. The van der Waals surface area contributed by atoms with E-state index in [1.54, 1.807) is 23.0 Å². The molecule has 1 N–H and O–H groups in total. The first kappa shape index (κ1) is 13.3. The van der Waals surface area contributed by atoms with Crippen LogP contribution in [0.15, 0.2) is 30.5 Å². The molecule has 0 saturated heterocycles. The van der Waals surface area contributed by atoms with Crippen LogP contribution in [0.5, 0.6) is 0 Å². The molecule has 0 saturated carbocycles. The number of aryl methyl sites for hydroxylation is 3. The molecular weight excluding hydrogens is 245 g/mol. The summed E-state index contributed by atoms with van der Waals surface area (Å²) in [6, 6.07) is 6.51. The Kier molecular flexibility index (Phi) is 3.94. The van der Waals surface area contributed by atoms with Gasteiger partial charge in [0, 0.05) is 24.9 Å². The Balaban J connectivity index is 1.94. The third-order valence-corrected chi connectivity index (χ3v) is 2.88. The van der Waals surface area contributed by atoms with E-state index in [1.165, 1.54) is 6.07 Å². The minimum Gasteiger partial charge on any atom is -0.324 e. The average molecular weight is 261 g/mol. The summed E-state index contributed by atoms with van der Waals surface area (Å²) in [6.07, 6.45) is 1.95. The molecule has 4 nitrogen and oxygen atoms in total. The molecule has 0 bridgehead atoms. The van der Waals surface area contributed by atoms with E-state index >= 15 is 0 Å². The minimum atomic E-state index is -0.422. The third kappa shape index (κ3) is 3.40. The number of carbonyl (C=O) groups is 1. The first-order valence-electron chi connectivity index (χ1n) is 6.10. The van der Waals surface area contributed by atoms with Gasteiger partial charge >= 0.3 is 0 Å². The lowest BCUT2D eigenvalue weighted by Gasteiger charge is -2.08. The van der Waals surface area contributed by atoms with E-state index in [4.69, 9.17) is 0 Å². The molecule has 1 amide bonds. The number of rotatable bonds is 4. The number of amides is 1. The normalized spacial score (nSPS) is 10.5. The fraction of sp³-hybridized carbons (Fsp3) is 0.286. The van der Waals surface area contributed by atoms with Crippen molar-refractivity contribution >= 4 is 11.6 Å². The van der Waals surface area contributed by atoms with E-state index in [0.29, 0.717) is 6.54 Å². The summed E-state index contributed by atoms with van der Waals surface area (Å²) in [7, 11) is 0. The van der Waals surface area contributed by atoms with Gasteiger partial charge in [-0.05, 0) is 37.6 Å². The summed E-state index contributed by atoms with van der Waals surface area (Å²) in [5.74, 6) is -0.645. The van der Waals surface area contributed by atoms with Crippen molar-refractivity contribution in [2.45, 2.75) is 26.8 Å². The van der Waals surface area contributed by atoms with Gasteiger partial charge in [-0.15, -0.1) is 0 Å². The van der Waals surface area contributed by atoms with Crippen LogP contribution in [-0.2, 0) is 11.3 Å². The minimum absolute atomic E-state index is 0.223. The number of hydrogen-bond acceptors (Lipinski definition) is 2. The van der Waals surface area contributed by atoms with Gasteiger partial charge in [-0.3, -0.25) is 9.48 Å². The van der Waals surface area contributed by atoms with E-state index in [-0.39, 0.29) is 18.0 Å². The molecular formula is C14H16FN3O.